The lowest BCUT2D eigenvalue weighted by Gasteiger charge is -2.34. The van der Waals surface area contributed by atoms with E-state index >= 15 is 0 Å². The van der Waals surface area contributed by atoms with E-state index in [0.717, 1.165) is 22.4 Å². The highest BCUT2D eigenvalue weighted by molar-refractivity contribution is 6.15. The number of carbonyl (C=O) groups excluding carboxylic acids is 2. The number of amides is 2. The van der Waals surface area contributed by atoms with Crippen LogP contribution in [0.2, 0.25) is 0 Å². The zero-order valence-electron chi connectivity index (χ0n) is 16.8. The van der Waals surface area contributed by atoms with Gasteiger partial charge in [0.1, 0.15) is 11.2 Å². The number of rotatable bonds is 1. The number of nitrogens with zero attached hydrogens (tertiary/aromatic N) is 3. The number of hydrogen-bond acceptors (Lipinski definition) is 3. The number of nitrogens with one attached hydrogen (secondary N) is 1. The molecule has 2 aliphatic heterocycles. The Balaban J connectivity index is 2.03. The van der Waals surface area contributed by atoms with Gasteiger partial charge in [0.2, 0.25) is 11.8 Å². The highest BCUT2D eigenvalue weighted by Crippen LogP contribution is 2.52. The molecule has 0 fully saturated rings. The Labute approximate surface area is 159 Å². The molecule has 1 aromatic heterocycles. The van der Waals surface area contributed by atoms with Crippen LogP contribution in [0.3, 0.4) is 0 Å². The van der Waals surface area contributed by atoms with Gasteiger partial charge in [-0.3, -0.25) is 9.59 Å². The van der Waals surface area contributed by atoms with E-state index in [2.05, 4.69) is 36.4 Å². The van der Waals surface area contributed by atoms with Gasteiger partial charge in [0.25, 0.3) is 0 Å². The fourth-order valence-electron chi connectivity index (χ4n) is 4.29. The van der Waals surface area contributed by atoms with Crippen LogP contribution in [-0.4, -0.2) is 28.6 Å². The van der Waals surface area contributed by atoms with Crippen LogP contribution < -0.4 is 10.2 Å². The number of hydrogen-bond donors (Lipinski definition) is 1. The molecule has 0 unspecified atom stereocenters. The molecular weight excluding hydrogens is 340 g/mol. The second-order valence-electron chi connectivity index (χ2n) is 8.92. The predicted molar refractivity (Wildman–Crippen MR) is 105 cm³/mol. The second kappa shape index (κ2) is 5.44. The third-order valence-electron chi connectivity index (χ3n) is 5.73. The molecule has 1 spiro atoms. The zero-order valence-corrected chi connectivity index (χ0v) is 16.8. The fourth-order valence-corrected chi connectivity index (χ4v) is 4.29. The molecule has 0 aliphatic carbocycles. The van der Waals surface area contributed by atoms with Crippen LogP contribution in [0.4, 0.5) is 11.5 Å². The molecule has 6 nitrogen and oxygen atoms in total. The summed E-state index contributed by atoms with van der Waals surface area (Å²) in [6, 6.07) is 6.16. The average molecular weight is 366 g/mol. The first-order chi connectivity index (χ1) is 12.6. The fraction of sp³-hybridized carbons (Fsp3) is 0.476. The molecule has 2 aliphatic rings. The van der Waals surface area contributed by atoms with Gasteiger partial charge in [-0.25, -0.2) is 4.68 Å². The molecule has 1 atom stereocenters. The van der Waals surface area contributed by atoms with Crippen molar-refractivity contribution in [1.29, 1.82) is 0 Å². The molecule has 1 N–H and O–H groups in total. The Morgan fingerprint density at radius 2 is 1.89 bits per heavy atom. The van der Waals surface area contributed by atoms with E-state index in [1.807, 2.05) is 26.8 Å². The van der Waals surface area contributed by atoms with Crippen molar-refractivity contribution in [3.05, 3.63) is 41.1 Å². The van der Waals surface area contributed by atoms with E-state index in [-0.39, 0.29) is 23.8 Å². The third kappa shape index (κ3) is 2.28. The summed E-state index contributed by atoms with van der Waals surface area (Å²) in [7, 11) is 1.78. The van der Waals surface area contributed by atoms with Gasteiger partial charge in [-0.15, -0.1) is 0 Å². The van der Waals surface area contributed by atoms with E-state index in [9.17, 15) is 9.59 Å². The standard InChI is InChI=1S/C21H26N4O2/c1-12(2)13-7-8-16-14(9-13)21(19(27)24(16)6)10-17(26)23-18-15(21)11-22-25(18)20(3,4)5/h7-9,11-12H,10H2,1-6H3,(H,23,26)/t21-/m1/s1. The molecule has 142 valence electrons. The van der Waals surface area contributed by atoms with E-state index in [4.69, 9.17) is 0 Å². The molecule has 27 heavy (non-hydrogen) atoms. The molecule has 0 saturated carbocycles. The minimum absolute atomic E-state index is 0.0667. The Bertz CT molecular complexity index is 967. The van der Waals surface area contributed by atoms with Gasteiger partial charge >= 0.3 is 0 Å². The zero-order chi connectivity index (χ0) is 19.7. The summed E-state index contributed by atoms with van der Waals surface area (Å²) in [4.78, 5) is 27.9. The van der Waals surface area contributed by atoms with Crippen LogP contribution in [0, 0.1) is 0 Å². The SMILES string of the molecule is CC(C)c1ccc2c(c1)[C@@]1(CC(=O)Nc3c1cnn3C(C)(C)C)C(=O)N2C. The highest BCUT2D eigenvalue weighted by atomic mass is 16.2. The summed E-state index contributed by atoms with van der Waals surface area (Å²) in [5.41, 5.74) is 2.41. The Morgan fingerprint density at radius 1 is 1.19 bits per heavy atom. The minimum Gasteiger partial charge on any atom is -0.314 e. The van der Waals surface area contributed by atoms with Crippen molar-refractivity contribution in [2.45, 2.75) is 57.9 Å². The summed E-state index contributed by atoms with van der Waals surface area (Å²) in [5, 5.41) is 7.50. The van der Waals surface area contributed by atoms with Crippen LogP contribution in [0.25, 0.3) is 0 Å². The Morgan fingerprint density at radius 3 is 2.52 bits per heavy atom. The van der Waals surface area contributed by atoms with Crippen molar-refractivity contribution in [2.24, 2.45) is 0 Å². The average Bonchev–Trinajstić information content (AvgIpc) is 3.10. The lowest BCUT2D eigenvalue weighted by atomic mass is 9.71. The predicted octanol–water partition coefficient (Wildman–Crippen LogP) is 3.37. The normalized spacial score (nSPS) is 21.7. The number of carbonyl (C=O) groups is 2. The maximum absolute atomic E-state index is 13.5. The maximum Gasteiger partial charge on any atom is 0.242 e. The van der Waals surface area contributed by atoms with Crippen molar-refractivity contribution < 1.29 is 9.59 Å². The van der Waals surface area contributed by atoms with Crippen LogP contribution in [-0.2, 0) is 20.5 Å². The lowest BCUT2D eigenvalue weighted by molar-refractivity contribution is -0.126. The van der Waals surface area contributed by atoms with Gasteiger partial charge in [0, 0.05) is 24.7 Å². The van der Waals surface area contributed by atoms with Crippen molar-refractivity contribution >= 4 is 23.3 Å². The number of anilines is 2. The highest BCUT2D eigenvalue weighted by Gasteiger charge is 2.56. The first-order valence-electron chi connectivity index (χ1n) is 9.39. The number of fused-ring (bicyclic) bond motifs is 4. The number of aromatic nitrogens is 2. The molecule has 4 rings (SSSR count). The molecule has 2 amide bonds. The first kappa shape index (κ1) is 17.8. The molecular formula is C21H26N4O2. The first-order valence-corrected chi connectivity index (χ1v) is 9.39. The molecule has 0 radical (unpaired) electrons. The molecule has 1 aromatic carbocycles. The summed E-state index contributed by atoms with van der Waals surface area (Å²) in [6.07, 6.45) is 1.86. The van der Waals surface area contributed by atoms with Crippen molar-refractivity contribution in [1.82, 2.24) is 9.78 Å². The summed E-state index contributed by atoms with van der Waals surface area (Å²) < 4.78 is 1.80. The monoisotopic (exact) mass is 366 g/mol. The Kier molecular flexibility index (Phi) is 3.58. The summed E-state index contributed by atoms with van der Waals surface area (Å²) in [5.74, 6) is 0.742. The Hall–Kier alpha value is -2.63. The molecule has 6 heteroatoms. The largest absolute Gasteiger partial charge is 0.314 e. The van der Waals surface area contributed by atoms with Gasteiger partial charge in [0.05, 0.1) is 11.7 Å². The van der Waals surface area contributed by atoms with Crippen molar-refractivity contribution in [3.8, 4) is 0 Å². The van der Waals surface area contributed by atoms with Crippen LogP contribution >= 0.6 is 0 Å². The summed E-state index contributed by atoms with van der Waals surface area (Å²) in [6.45, 7) is 10.3. The van der Waals surface area contributed by atoms with Crippen LogP contribution in [0.15, 0.2) is 24.4 Å². The van der Waals surface area contributed by atoms with E-state index in [1.165, 1.54) is 0 Å². The molecule has 0 saturated heterocycles. The molecule has 0 bridgehead atoms. The smallest absolute Gasteiger partial charge is 0.242 e. The van der Waals surface area contributed by atoms with Gasteiger partial charge in [-0.2, -0.15) is 5.10 Å². The number of likely N-dealkylation sites (N-methyl/N-ethyl adjacent to an activating group) is 1. The van der Waals surface area contributed by atoms with E-state index in [0.29, 0.717) is 11.7 Å². The lowest BCUT2D eigenvalue weighted by Crippen LogP contribution is -2.46. The number of benzene rings is 1. The van der Waals surface area contributed by atoms with Gasteiger partial charge in [-0.05, 0) is 43.9 Å². The van der Waals surface area contributed by atoms with Crippen molar-refractivity contribution in [3.63, 3.8) is 0 Å². The second-order valence-corrected chi connectivity index (χ2v) is 8.92. The van der Waals surface area contributed by atoms with Crippen molar-refractivity contribution in [2.75, 3.05) is 17.3 Å². The quantitative estimate of drug-likeness (QED) is 0.841. The minimum atomic E-state index is -1.00. The van der Waals surface area contributed by atoms with Crippen LogP contribution in [0.1, 0.15) is 63.6 Å². The van der Waals surface area contributed by atoms with Gasteiger partial charge in [-0.1, -0.05) is 26.0 Å². The molecule has 3 heterocycles. The van der Waals surface area contributed by atoms with Gasteiger partial charge in [0.15, 0.2) is 0 Å². The van der Waals surface area contributed by atoms with E-state index < -0.39 is 5.41 Å². The van der Waals surface area contributed by atoms with E-state index in [1.54, 1.807) is 22.8 Å². The van der Waals surface area contributed by atoms with Gasteiger partial charge < -0.3 is 10.2 Å². The van der Waals surface area contributed by atoms with Crippen LogP contribution in [0.5, 0.6) is 0 Å². The third-order valence-corrected chi connectivity index (χ3v) is 5.73. The molecule has 2 aromatic rings. The maximum atomic E-state index is 13.5. The summed E-state index contributed by atoms with van der Waals surface area (Å²) >= 11 is 0. The topological polar surface area (TPSA) is 67.2 Å².